The lowest BCUT2D eigenvalue weighted by molar-refractivity contribution is 0.0627. The Labute approximate surface area is 169 Å². The molecule has 4 rings (SSSR count). The van der Waals surface area contributed by atoms with Crippen molar-refractivity contribution in [3.05, 3.63) is 93.4 Å². The number of nitrogens with zero attached hydrogens (tertiary/aromatic N) is 2. The van der Waals surface area contributed by atoms with Crippen molar-refractivity contribution >= 4 is 17.2 Å². The zero-order valence-corrected chi connectivity index (χ0v) is 16.5. The number of thiophene rings is 1. The summed E-state index contributed by atoms with van der Waals surface area (Å²) < 4.78 is 13.1. The Hall–Kier alpha value is -2.50. The van der Waals surface area contributed by atoms with Gasteiger partial charge in [-0.3, -0.25) is 9.69 Å². The molecule has 1 aliphatic heterocycles. The Morgan fingerprint density at radius 3 is 2.39 bits per heavy atom. The molecular weight excluding hydrogens is 371 g/mol. The molecular formula is C23H23FN2OS. The van der Waals surface area contributed by atoms with Gasteiger partial charge in [-0.05, 0) is 40.8 Å². The minimum atomic E-state index is -0.208. The van der Waals surface area contributed by atoms with Crippen molar-refractivity contribution in [1.82, 2.24) is 9.80 Å². The van der Waals surface area contributed by atoms with E-state index < -0.39 is 0 Å². The van der Waals surface area contributed by atoms with E-state index in [1.165, 1.54) is 17.0 Å². The maximum absolute atomic E-state index is 13.1. The van der Waals surface area contributed by atoms with E-state index in [1.807, 2.05) is 41.3 Å². The number of hydrogen-bond acceptors (Lipinski definition) is 3. The lowest BCUT2D eigenvalue weighted by atomic mass is 10.0. The maximum Gasteiger partial charge on any atom is 0.254 e. The molecule has 0 saturated carbocycles. The van der Waals surface area contributed by atoms with Crippen molar-refractivity contribution in [3.63, 3.8) is 0 Å². The van der Waals surface area contributed by atoms with E-state index in [9.17, 15) is 9.18 Å². The first-order valence-corrected chi connectivity index (χ1v) is 10.4. The molecule has 3 aromatic rings. The van der Waals surface area contributed by atoms with Crippen LogP contribution in [0.2, 0.25) is 0 Å². The van der Waals surface area contributed by atoms with Gasteiger partial charge >= 0.3 is 0 Å². The average Bonchev–Trinajstić information content (AvgIpc) is 3.23. The van der Waals surface area contributed by atoms with E-state index in [0.717, 1.165) is 42.7 Å². The summed E-state index contributed by atoms with van der Waals surface area (Å²) in [6, 6.07) is 18.7. The molecule has 0 atom stereocenters. The van der Waals surface area contributed by atoms with Crippen molar-refractivity contribution < 1.29 is 9.18 Å². The standard InChI is InChI=1S/C23H23FN2OS/c24-20-9-7-18(8-10-20)17-25-11-13-26(14-12-25)23(27)22-6-2-1-4-19(22)16-21-5-3-15-28-21/h1-10,15H,11-14,16-17H2. The molecule has 144 valence electrons. The summed E-state index contributed by atoms with van der Waals surface area (Å²) in [5.74, 6) is -0.0889. The highest BCUT2D eigenvalue weighted by atomic mass is 32.1. The van der Waals surface area contributed by atoms with Gasteiger partial charge in [-0.15, -0.1) is 11.3 Å². The summed E-state index contributed by atoms with van der Waals surface area (Å²) in [5, 5.41) is 2.07. The number of amides is 1. The van der Waals surface area contributed by atoms with Crippen molar-refractivity contribution in [2.24, 2.45) is 0 Å². The largest absolute Gasteiger partial charge is 0.336 e. The predicted octanol–water partition coefficient (Wildman–Crippen LogP) is 4.44. The van der Waals surface area contributed by atoms with Crippen LogP contribution in [0.5, 0.6) is 0 Å². The number of carbonyl (C=O) groups excluding carboxylic acids is 1. The molecule has 2 aromatic carbocycles. The SMILES string of the molecule is O=C(c1ccccc1Cc1cccs1)N1CCN(Cc2ccc(F)cc2)CC1. The third-order valence-corrected chi connectivity index (χ3v) is 6.05. The fourth-order valence-corrected chi connectivity index (χ4v) is 4.34. The summed E-state index contributed by atoms with van der Waals surface area (Å²) in [7, 11) is 0. The normalized spacial score (nSPS) is 15.0. The van der Waals surface area contributed by atoms with Crippen LogP contribution in [0.1, 0.15) is 26.4 Å². The molecule has 1 fully saturated rings. The van der Waals surface area contributed by atoms with Crippen LogP contribution < -0.4 is 0 Å². The van der Waals surface area contributed by atoms with Crippen molar-refractivity contribution in [2.45, 2.75) is 13.0 Å². The highest BCUT2D eigenvalue weighted by Gasteiger charge is 2.23. The van der Waals surface area contributed by atoms with E-state index in [1.54, 1.807) is 11.3 Å². The number of hydrogen-bond donors (Lipinski definition) is 0. The van der Waals surface area contributed by atoms with Gasteiger partial charge in [0.15, 0.2) is 0 Å². The molecule has 0 spiro atoms. The van der Waals surface area contributed by atoms with Crippen molar-refractivity contribution in [2.75, 3.05) is 26.2 Å². The number of carbonyl (C=O) groups is 1. The predicted molar refractivity (Wildman–Crippen MR) is 111 cm³/mol. The van der Waals surface area contributed by atoms with Crippen LogP contribution >= 0.6 is 11.3 Å². The van der Waals surface area contributed by atoms with E-state index in [2.05, 4.69) is 22.4 Å². The van der Waals surface area contributed by atoms with Crippen LogP contribution in [-0.4, -0.2) is 41.9 Å². The Morgan fingerprint density at radius 2 is 1.68 bits per heavy atom. The third kappa shape index (κ3) is 4.49. The number of rotatable bonds is 5. The van der Waals surface area contributed by atoms with Crippen molar-refractivity contribution in [3.8, 4) is 0 Å². The van der Waals surface area contributed by atoms with Gasteiger partial charge in [0.1, 0.15) is 5.82 Å². The van der Waals surface area contributed by atoms with Crippen LogP contribution in [-0.2, 0) is 13.0 Å². The summed E-state index contributed by atoms with van der Waals surface area (Å²) in [6.45, 7) is 3.88. The average molecular weight is 395 g/mol. The van der Waals surface area contributed by atoms with Crippen LogP contribution in [0.15, 0.2) is 66.0 Å². The lowest BCUT2D eigenvalue weighted by Crippen LogP contribution is -2.48. The maximum atomic E-state index is 13.1. The molecule has 0 aliphatic carbocycles. The van der Waals surface area contributed by atoms with Crippen molar-refractivity contribution in [1.29, 1.82) is 0 Å². The van der Waals surface area contributed by atoms with Gasteiger partial charge in [-0.25, -0.2) is 4.39 Å². The van der Waals surface area contributed by atoms with Gasteiger partial charge in [0.25, 0.3) is 5.91 Å². The Kier molecular flexibility index (Phi) is 5.84. The fraction of sp³-hybridized carbons (Fsp3) is 0.261. The molecule has 1 aromatic heterocycles. The molecule has 1 saturated heterocycles. The molecule has 1 aliphatic rings. The molecule has 0 radical (unpaired) electrons. The minimum Gasteiger partial charge on any atom is -0.336 e. The van der Waals surface area contributed by atoms with Gasteiger partial charge in [-0.2, -0.15) is 0 Å². The molecule has 3 nitrogen and oxygen atoms in total. The van der Waals surface area contributed by atoms with E-state index in [-0.39, 0.29) is 11.7 Å². The monoisotopic (exact) mass is 394 g/mol. The Morgan fingerprint density at radius 1 is 0.929 bits per heavy atom. The first-order valence-electron chi connectivity index (χ1n) is 9.55. The zero-order valence-electron chi connectivity index (χ0n) is 15.7. The van der Waals surface area contributed by atoms with E-state index >= 15 is 0 Å². The number of halogens is 1. The molecule has 0 N–H and O–H groups in total. The second-order valence-corrected chi connectivity index (χ2v) is 8.14. The molecule has 1 amide bonds. The number of benzene rings is 2. The van der Waals surface area contributed by atoms with E-state index in [4.69, 9.17) is 0 Å². The van der Waals surface area contributed by atoms with Gasteiger partial charge < -0.3 is 4.90 Å². The fourth-order valence-electron chi connectivity index (χ4n) is 3.61. The highest BCUT2D eigenvalue weighted by Crippen LogP contribution is 2.20. The molecule has 0 bridgehead atoms. The summed E-state index contributed by atoms with van der Waals surface area (Å²) >= 11 is 1.72. The van der Waals surface area contributed by atoms with Crippen LogP contribution in [0.4, 0.5) is 4.39 Å². The summed E-state index contributed by atoms with van der Waals surface area (Å²) in [4.78, 5) is 18.7. The topological polar surface area (TPSA) is 23.6 Å². The summed E-state index contributed by atoms with van der Waals surface area (Å²) in [5.41, 5.74) is 2.99. The van der Waals surface area contributed by atoms with Gasteiger partial charge in [0, 0.05) is 49.6 Å². The van der Waals surface area contributed by atoms with E-state index in [0.29, 0.717) is 13.1 Å². The van der Waals surface area contributed by atoms with Crippen LogP contribution in [0, 0.1) is 5.82 Å². The molecule has 5 heteroatoms. The smallest absolute Gasteiger partial charge is 0.254 e. The second kappa shape index (κ2) is 8.67. The third-order valence-electron chi connectivity index (χ3n) is 5.17. The van der Waals surface area contributed by atoms with Crippen LogP contribution in [0.25, 0.3) is 0 Å². The number of piperazine rings is 1. The Balaban J connectivity index is 1.38. The molecule has 28 heavy (non-hydrogen) atoms. The second-order valence-electron chi connectivity index (χ2n) is 7.11. The van der Waals surface area contributed by atoms with Gasteiger partial charge in [0.05, 0.1) is 0 Å². The quantitative estimate of drug-likeness (QED) is 0.639. The Bertz CT molecular complexity index is 916. The van der Waals surface area contributed by atoms with Crippen LogP contribution in [0.3, 0.4) is 0 Å². The lowest BCUT2D eigenvalue weighted by Gasteiger charge is -2.35. The minimum absolute atomic E-state index is 0.119. The molecule has 0 unspecified atom stereocenters. The first kappa shape index (κ1) is 18.8. The summed E-state index contributed by atoms with van der Waals surface area (Å²) in [6.07, 6.45) is 0.796. The van der Waals surface area contributed by atoms with Gasteiger partial charge in [0.2, 0.25) is 0 Å². The molecule has 2 heterocycles. The highest BCUT2D eigenvalue weighted by molar-refractivity contribution is 7.09. The zero-order chi connectivity index (χ0) is 19.3. The first-order chi connectivity index (χ1) is 13.7. The van der Waals surface area contributed by atoms with Gasteiger partial charge in [-0.1, -0.05) is 36.4 Å².